The SMILES string of the molecule is COc1ccccc1N1CCN(CCOc2cccc(C)c2)CC1. The highest BCUT2D eigenvalue weighted by molar-refractivity contribution is 5.58. The third-order valence-electron chi connectivity index (χ3n) is 4.46. The first-order valence-electron chi connectivity index (χ1n) is 8.56. The summed E-state index contributed by atoms with van der Waals surface area (Å²) in [5.41, 5.74) is 2.42. The van der Waals surface area contributed by atoms with E-state index in [0.717, 1.165) is 50.8 Å². The van der Waals surface area contributed by atoms with Crippen LogP contribution in [0.1, 0.15) is 5.56 Å². The topological polar surface area (TPSA) is 24.9 Å². The lowest BCUT2D eigenvalue weighted by molar-refractivity contribution is 0.200. The fourth-order valence-electron chi connectivity index (χ4n) is 3.10. The zero-order valence-electron chi connectivity index (χ0n) is 14.6. The normalized spacial score (nSPS) is 15.3. The number of ether oxygens (including phenoxy) is 2. The number of para-hydroxylation sites is 2. The second-order valence-corrected chi connectivity index (χ2v) is 6.17. The zero-order chi connectivity index (χ0) is 16.8. The number of hydrogen-bond donors (Lipinski definition) is 0. The summed E-state index contributed by atoms with van der Waals surface area (Å²) in [7, 11) is 1.73. The molecule has 1 aliphatic heterocycles. The molecule has 24 heavy (non-hydrogen) atoms. The van der Waals surface area contributed by atoms with E-state index in [9.17, 15) is 0 Å². The molecular weight excluding hydrogens is 300 g/mol. The van der Waals surface area contributed by atoms with Gasteiger partial charge in [-0.15, -0.1) is 0 Å². The molecule has 128 valence electrons. The molecule has 2 aromatic rings. The van der Waals surface area contributed by atoms with Crippen LogP contribution in [0.25, 0.3) is 0 Å². The number of rotatable bonds is 6. The quantitative estimate of drug-likeness (QED) is 0.814. The Bertz CT molecular complexity index is 652. The number of benzene rings is 2. The van der Waals surface area contributed by atoms with Crippen LogP contribution < -0.4 is 14.4 Å². The highest BCUT2D eigenvalue weighted by Crippen LogP contribution is 2.28. The molecule has 0 radical (unpaired) electrons. The van der Waals surface area contributed by atoms with Crippen LogP contribution in [0.4, 0.5) is 5.69 Å². The van der Waals surface area contributed by atoms with Gasteiger partial charge in [-0.25, -0.2) is 0 Å². The summed E-state index contributed by atoms with van der Waals surface area (Å²) in [6.45, 7) is 7.93. The van der Waals surface area contributed by atoms with Crippen molar-refractivity contribution in [3.63, 3.8) is 0 Å². The van der Waals surface area contributed by atoms with E-state index in [1.54, 1.807) is 7.11 Å². The Morgan fingerprint density at radius 3 is 2.50 bits per heavy atom. The molecule has 0 spiro atoms. The van der Waals surface area contributed by atoms with E-state index >= 15 is 0 Å². The first-order chi connectivity index (χ1) is 11.8. The molecule has 2 aromatic carbocycles. The zero-order valence-corrected chi connectivity index (χ0v) is 14.6. The Labute approximate surface area is 144 Å². The summed E-state index contributed by atoms with van der Waals surface area (Å²) in [5, 5.41) is 0. The first-order valence-corrected chi connectivity index (χ1v) is 8.56. The van der Waals surface area contributed by atoms with Crippen molar-refractivity contribution in [1.29, 1.82) is 0 Å². The highest BCUT2D eigenvalue weighted by Gasteiger charge is 2.19. The third kappa shape index (κ3) is 4.20. The van der Waals surface area contributed by atoms with E-state index in [1.807, 2.05) is 24.3 Å². The molecule has 1 saturated heterocycles. The Balaban J connectivity index is 1.45. The second-order valence-electron chi connectivity index (χ2n) is 6.17. The number of hydrogen-bond acceptors (Lipinski definition) is 4. The molecule has 0 saturated carbocycles. The maximum atomic E-state index is 5.86. The predicted octanol–water partition coefficient (Wildman–Crippen LogP) is 3.20. The Morgan fingerprint density at radius 2 is 1.75 bits per heavy atom. The van der Waals surface area contributed by atoms with E-state index in [0.29, 0.717) is 0 Å². The molecule has 0 unspecified atom stereocenters. The van der Waals surface area contributed by atoms with Crippen molar-refractivity contribution in [2.45, 2.75) is 6.92 Å². The van der Waals surface area contributed by atoms with Crippen LogP contribution in [-0.2, 0) is 0 Å². The lowest BCUT2D eigenvalue weighted by Gasteiger charge is -2.36. The largest absolute Gasteiger partial charge is 0.495 e. The average Bonchev–Trinajstić information content (AvgIpc) is 2.62. The van der Waals surface area contributed by atoms with Gasteiger partial charge in [0.05, 0.1) is 12.8 Å². The van der Waals surface area contributed by atoms with E-state index < -0.39 is 0 Å². The maximum absolute atomic E-state index is 5.86. The summed E-state index contributed by atoms with van der Waals surface area (Å²) < 4.78 is 11.3. The van der Waals surface area contributed by atoms with Crippen molar-refractivity contribution >= 4 is 5.69 Å². The van der Waals surface area contributed by atoms with Crippen molar-refractivity contribution < 1.29 is 9.47 Å². The summed E-state index contributed by atoms with van der Waals surface area (Å²) >= 11 is 0. The molecule has 0 amide bonds. The van der Waals surface area contributed by atoms with E-state index in [2.05, 4.69) is 41.0 Å². The summed E-state index contributed by atoms with van der Waals surface area (Å²) in [6.07, 6.45) is 0. The fourth-order valence-corrected chi connectivity index (χ4v) is 3.10. The van der Waals surface area contributed by atoms with Crippen LogP contribution >= 0.6 is 0 Å². The summed E-state index contributed by atoms with van der Waals surface area (Å²) in [5.74, 6) is 1.91. The van der Waals surface area contributed by atoms with E-state index in [1.165, 1.54) is 11.3 Å². The standard InChI is InChI=1S/C20H26N2O2/c1-17-6-5-7-18(16-17)24-15-14-21-10-12-22(13-11-21)19-8-3-4-9-20(19)23-2/h3-9,16H,10-15H2,1-2H3. The van der Waals surface area contributed by atoms with Crippen molar-refractivity contribution in [2.75, 3.05) is 51.3 Å². The minimum absolute atomic E-state index is 0.734. The number of nitrogens with zero attached hydrogens (tertiary/aromatic N) is 2. The molecule has 1 aliphatic rings. The van der Waals surface area contributed by atoms with Crippen LogP contribution in [0.3, 0.4) is 0 Å². The molecule has 0 N–H and O–H groups in total. The van der Waals surface area contributed by atoms with Gasteiger partial charge in [0.15, 0.2) is 0 Å². The molecule has 0 bridgehead atoms. The second kappa shape index (κ2) is 8.06. The number of aryl methyl sites for hydroxylation is 1. The van der Waals surface area contributed by atoms with E-state index in [4.69, 9.17) is 9.47 Å². The highest BCUT2D eigenvalue weighted by atomic mass is 16.5. The lowest BCUT2D eigenvalue weighted by Crippen LogP contribution is -2.47. The molecule has 1 heterocycles. The van der Waals surface area contributed by atoms with Gasteiger partial charge in [0.25, 0.3) is 0 Å². The number of piperazine rings is 1. The Morgan fingerprint density at radius 1 is 0.958 bits per heavy atom. The fraction of sp³-hybridized carbons (Fsp3) is 0.400. The predicted molar refractivity (Wildman–Crippen MR) is 98.3 cm³/mol. The van der Waals surface area contributed by atoms with Crippen LogP contribution in [0, 0.1) is 6.92 Å². The van der Waals surface area contributed by atoms with Gasteiger partial charge in [0.2, 0.25) is 0 Å². The summed E-state index contributed by atoms with van der Waals surface area (Å²) in [4.78, 5) is 4.86. The van der Waals surface area contributed by atoms with Crippen LogP contribution in [0.2, 0.25) is 0 Å². The van der Waals surface area contributed by atoms with Crippen LogP contribution in [0.5, 0.6) is 11.5 Å². The van der Waals surface area contributed by atoms with Crippen molar-refractivity contribution in [3.8, 4) is 11.5 Å². The van der Waals surface area contributed by atoms with Gasteiger partial charge in [-0.2, -0.15) is 0 Å². The van der Waals surface area contributed by atoms with Gasteiger partial charge in [0.1, 0.15) is 18.1 Å². The molecule has 0 aromatic heterocycles. The Kier molecular flexibility index (Phi) is 5.59. The number of methoxy groups -OCH3 is 1. The van der Waals surface area contributed by atoms with Crippen molar-refractivity contribution in [2.24, 2.45) is 0 Å². The third-order valence-corrected chi connectivity index (χ3v) is 4.46. The molecule has 1 fully saturated rings. The van der Waals surface area contributed by atoms with E-state index in [-0.39, 0.29) is 0 Å². The lowest BCUT2D eigenvalue weighted by atomic mass is 10.2. The minimum atomic E-state index is 0.734. The van der Waals surface area contributed by atoms with Gasteiger partial charge in [-0.3, -0.25) is 4.90 Å². The summed E-state index contributed by atoms with van der Waals surface area (Å²) in [6, 6.07) is 16.5. The van der Waals surface area contributed by atoms with Gasteiger partial charge in [-0.05, 0) is 36.8 Å². The van der Waals surface area contributed by atoms with Crippen LogP contribution in [-0.4, -0.2) is 51.3 Å². The molecule has 0 aliphatic carbocycles. The maximum Gasteiger partial charge on any atom is 0.142 e. The first kappa shape index (κ1) is 16.7. The van der Waals surface area contributed by atoms with Gasteiger partial charge in [0, 0.05) is 32.7 Å². The van der Waals surface area contributed by atoms with Gasteiger partial charge < -0.3 is 14.4 Å². The molecule has 4 nitrogen and oxygen atoms in total. The average molecular weight is 326 g/mol. The number of anilines is 1. The van der Waals surface area contributed by atoms with Gasteiger partial charge in [-0.1, -0.05) is 24.3 Å². The van der Waals surface area contributed by atoms with Gasteiger partial charge >= 0.3 is 0 Å². The smallest absolute Gasteiger partial charge is 0.142 e. The molecular formula is C20H26N2O2. The van der Waals surface area contributed by atoms with Crippen molar-refractivity contribution in [3.05, 3.63) is 54.1 Å². The molecule has 0 atom stereocenters. The van der Waals surface area contributed by atoms with Crippen molar-refractivity contribution in [1.82, 2.24) is 4.90 Å². The Hall–Kier alpha value is -2.20. The minimum Gasteiger partial charge on any atom is -0.495 e. The molecule has 3 rings (SSSR count). The van der Waals surface area contributed by atoms with Crippen LogP contribution in [0.15, 0.2) is 48.5 Å². The molecule has 4 heteroatoms. The monoisotopic (exact) mass is 326 g/mol.